The Kier molecular flexibility index (Phi) is 4.41. The average molecular weight is 431 g/mol. The van der Waals surface area contributed by atoms with E-state index in [1.807, 2.05) is 42.5 Å². The molecule has 0 bridgehead atoms. The van der Waals surface area contributed by atoms with Gasteiger partial charge in [0.05, 0.1) is 4.47 Å². The van der Waals surface area contributed by atoms with Crippen LogP contribution in [-0.2, 0) is 6.42 Å². The van der Waals surface area contributed by atoms with Gasteiger partial charge < -0.3 is 9.52 Å². The second kappa shape index (κ2) is 6.13. The lowest BCUT2D eigenvalue weighted by molar-refractivity contribution is 0.152. The highest BCUT2D eigenvalue weighted by Gasteiger charge is 2.16. The molecule has 2 nitrogen and oxygen atoms in total. The molecule has 1 N–H and O–H groups in total. The molecule has 0 saturated carbocycles. The van der Waals surface area contributed by atoms with Crippen LogP contribution in [0.2, 0.25) is 5.02 Å². The van der Waals surface area contributed by atoms with Gasteiger partial charge in [-0.2, -0.15) is 0 Å². The topological polar surface area (TPSA) is 33.4 Å². The Bertz CT molecular complexity index is 798. The van der Waals surface area contributed by atoms with Crippen molar-refractivity contribution < 1.29 is 9.52 Å². The quantitative estimate of drug-likeness (QED) is 0.562. The summed E-state index contributed by atoms with van der Waals surface area (Å²) in [7, 11) is 0. The third-order valence-corrected chi connectivity index (χ3v) is 4.74. The van der Waals surface area contributed by atoms with Gasteiger partial charge in [-0.25, -0.2) is 0 Å². The van der Waals surface area contributed by atoms with Crippen molar-refractivity contribution in [3.8, 4) is 0 Å². The van der Waals surface area contributed by atoms with Gasteiger partial charge in [0.25, 0.3) is 0 Å². The number of aliphatic hydroxyl groups excluding tert-OH is 1. The van der Waals surface area contributed by atoms with Gasteiger partial charge in [-0.15, -0.1) is 0 Å². The van der Waals surface area contributed by atoms with Crippen molar-refractivity contribution in [3.63, 3.8) is 0 Å². The van der Waals surface area contributed by atoms with E-state index >= 15 is 0 Å². The van der Waals surface area contributed by atoms with Crippen LogP contribution < -0.4 is 0 Å². The maximum atomic E-state index is 10.4. The van der Waals surface area contributed by atoms with E-state index in [2.05, 4.69) is 31.9 Å². The molecule has 0 aliphatic carbocycles. The molecule has 2 aromatic carbocycles. The zero-order chi connectivity index (χ0) is 15.0. The SMILES string of the molecule is OC(Cc1ccc(Br)cc1Cl)c1cc2cccc(Br)c2o1. The van der Waals surface area contributed by atoms with E-state index in [0.29, 0.717) is 17.2 Å². The number of furan rings is 1. The predicted octanol–water partition coefficient (Wildman–Crippen LogP) is 5.89. The van der Waals surface area contributed by atoms with E-state index in [1.165, 1.54) is 0 Å². The summed E-state index contributed by atoms with van der Waals surface area (Å²) in [4.78, 5) is 0. The summed E-state index contributed by atoms with van der Waals surface area (Å²) >= 11 is 13.0. The van der Waals surface area contributed by atoms with Crippen LogP contribution in [0.4, 0.5) is 0 Å². The molecule has 108 valence electrons. The molecular weight excluding hydrogens is 419 g/mol. The summed E-state index contributed by atoms with van der Waals surface area (Å²) in [6, 6.07) is 13.3. The highest BCUT2D eigenvalue weighted by atomic mass is 79.9. The largest absolute Gasteiger partial charge is 0.457 e. The maximum Gasteiger partial charge on any atom is 0.148 e. The van der Waals surface area contributed by atoms with Crippen LogP contribution in [0.15, 0.2) is 55.8 Å². The molecule has 1 atom stereocenters. The van der Waals surface area contributed by atoms with Crippen molar-refractivity contribution in [1.29, 1.82) is 0 Å². The minimum atomic E-state index is -0.733. The van der Waals surface area contributed by atoms with Gasteiger partial charge in [-0.3, -0.25) is 0 Å². The molecule has 0 aliphatic rings. The molecule has 1 aromatic heterocycles. The lowest BCUT2D eigenvalue weighted by Gasteiger charge is -2.09. The minimum Gasteiger partial charge on any atom is -0.457 e. The molecule has 5 heteroatoms. The summed E-state index contributed by atoms with van der Waals surface area (Å²) in [5, 5.41) is 12.0. The van der Waals surface area contributed by atoms with Crippen LogP contribution in [-0.4, -0.2) is 5.11 Å². The summed E-state index contributed by atoms with van der Waals surface area (Å²) in [5.41, 5.74) is 1.63. The first-order valence-corrected chi connectivity index (χ1v) is 8.31. The number of fused-ring (bicyclic) bond motifs is 1. The van der Waals surface area contributed by atoms with E-state index in [0.717, 1.165) is 25.5 Å². The standard InChI is InChI=1S/C16H11Br2ClO2/c17-11-5-4-9(13(19)8-11)6-14(20)15-7-10-2-1-3-12(18)16(10)21-15/h1-5,7-8,14,20H,6H2. The van der Waals surface area contributed by atoms with Crippen molar-refractivity contribution in [2.24, 2.45) is 0 Å². The zero-order valence-electron chi connectivity index (χ0n) is 10.8. The van der Waals surface area contributed by atoms with Gasteiger partial charge in [-0.1, -0.05) is 45.7 Å². The summed E-state index contributed by atoms with van der Waals surface area (Å²) in [6.07, 6.45) is -0.327. The lowest BCUT2D eigenvalue weighted by atomic mass is 10.1. The number of aliphatic hydroxyl groups is 1. The molecule has 0 amide bonds. The van der Waals surface area contributed by atoms with Crippen molar-refractivity contribution in [2.75, 3.05) is 0 Å². The van der Waals surface area contributed by atoms with E-state index in [-0.39, 0.29) is 0 Å². The second-order valence-corrected chi connectivity index (χ2v) is 6.94. The van der Waals surface area contributed by atoms with Crippen molar-refractivity contribution in [1.82, 2.24) is 0 Å². The number of para-hydroxylation sites is 1. The predicted molar refractivity (Wildman–Crippen MR) is 91.7 cm³/mol. The summed E-state index contributed by atoms with van der Waals surface area (Å²) < 4.78 is 7.54. The first-order chi connectivity index (χ1) is 10.0. The maximum absolute atomic E-state index is 10.4. The van der Waals surface area contributed by atoms with Gasteiger partial charge in [0.2, 0.25) is 0 Å². The Balaban J connectivity index is 1.90. The fourth-order valence-corrected chi connectivity index (χ4v) is 3.42. The number of hydrogen-bond donors (Lipinski definition) is 1. The highest BCUT2D eigenvalue weighted by Crippen LogP contribution is 2.32. The third kappa shape index (κ3) is 3.19. The first kappa shape index (κ1) is 15.1. The molecule has 0 spiro atoms. The molecular formula is C16H11Br2ClO2. The molecule has 1 unspecified atom stereocenters. The van der Waals surface area contributed by atoms with E-state index < -0.39 is 6.10 Å². The minimum absolute atomic E-state index is 0.406. The molecule has 3 aromatic rings. The van der Waals surface area contributed by atoms with Crippen LogP contribution in [0.3, 0.4) is 0 Å². The molecule has 3 rings (SSSR count). The molecule has 0 radical (unpaired) electrons. The Morgan fingerprint density at radius 3 is 2.67 bits per heavy atom. The summed E-state index contributed by atoms with van der Waals surface area (Å²) in [5.74, 6) is 0.538. The van der Waals surface area contributed by atoms with Gasteiger partial charge in [0.15, 0.2) is 0 Å². The number of halogens is 3. The van der Waals surface area contributed by atoms with Crippen LogP contribution >= 0.6 is 43.5 Å². The average Bonchev–Trinajstić information content (AvgIpc) is 2.87. The van der Waals surface area contributed by atoms with E-state index in [4.69, 9.17) is 16.0 Å². The molecule has 0 aliphatic heterocycles. The normalized spacial score (nSPS) is 12.8. The van der Waals surface area contributed by atoms with Gasteiger partial charge in [0.1, 0.15) is 17.4 Å². The van der Waals surface area contributed by atoms with Crippen molar-refractivity contribution >= 4 is 54.4 Å². The third-order valence-electron chi connectivity index (χ3n) is 3.27. The van der Waals surface area contributed by atoms with Crippen molar-refractivity contribution in [3.05, 3.63) is 67.8 Å². The smallest absolute Gasteiger partial charge is 0.148 e. The monoisotopic (exact) mass is 428 g/mol. The molecule has 0 fully saturated rings. The fraction of sp³-hybridized carbons (Fsp3) is 0.125. The number of rotatable bonds is 3. The van der Waals surface area contributed by atoms with Gasteiger partial charge in [-0.05, 0) is 45.8 Å². The lowest BCUT2D eigenvalue weighted by Crippen LogP contribution is -2.00. The van der Waals surface area contributed by atoms with Crippen LogP contribution in [0, 0.1) is 0 Å². The van der Waals surface area contributed by atoms with Crippen LogP contribution in [0.5, 0.6) is 0 Å². The van der Waals surface area contributed by atoms with Gasteiger partial charge in [0, 0.05) is 21.3 Å². The molecule has 1 heterocycles. The Hall–Kier alpha value is -0.810. The van der Waals surface area contributed by atoms with Gasteiger partial charge >= 0.3 is 0 Å². The van der Waals surface area contributed by atoms with Crippen LogP contribution in [0.1, 0.15) is 17.4 Å². The Morgan fingerprint density at radius 2 is 1.95 bits per heavy atom. The van der Waals surface area contributed by atoms with E-state index in [9.17, 15) is 5.11 Å². The van der Waals surface area contributed by atoms with E-state index in [1.54, 1.807) is 0 Å². The Morgan fingerprint density at radius 1 is 1.14 bits per heavy atom. The van der Waals surface area contributed by atoms with Crippen LogP contribution in [0.25, 0.3) is 11.0 Å². The first-order valence-electron chi connectivity index (χ1n) is 6.34. The number of benzene rings is 2. The molecule has 0 saturated heterocycles. The summed E-state index contributed by atoms with van der Waals surface area (Å²) in [6.45, 7) is 0. The Labute approximate surface area is 144 Å². The number of hydrogen-bond acceptors (Lipinski definition) is 2. The zero-order valence-corrected chi connectivity index (χ0v) is 14.7. The fourth-order valence-electron chi connectivity index (χ4n) is 2.21. The highest BCUT2D eigenvalue weighted by molar-refractivity contribution is 9.11. The molecule has 21 heavy (non-hydrogen) atoms. The van der Waals surface area contributed by atoms with Crippen molar-refractivity contribution in [2.45, 2.75) is 12.5 Å². The second-order valence-electron chi connectivity index (χ2n) is 4.76.